The number of hydrogen-bond acceptors (Lipinski definition) is 4. The molecule has 1 unspecified atom stereocenters. The van der Waals surface area contributed by atoms with Crippen LogP contribution in [0, 0.1) is 0 Å². The van der Waals surface area contributed by atoms with Crippen LogP contribution in [0.2, 0.25) is 0 Å². The molecule has 0 fully saturated rings. The number of halogens is 1. The zero-order valence-electron chi connectivity index (χ0n) is 9.78. The normalized spacial score (nSPS) is 12.3. The summed E-state index contributed by atoms with van der Waals surface area (Å²) in [5.74, 6) is -0.237. The van der Waals surface area contributed by atoms with Gasteiger partial charge in [0.05, 0.1) is 5.69 Å². The number of carbonyl (C=O) groups is 2. The molecule has 1 atom stereocenters. The number of aromatic nitrogens is 1. The molecule has 0 aromatic carbocycles. The molecule has 94 valence electrons. The number of imide groups is 1. The van der Waals surface area contributed by atoms with E-state index < -0.39 is 17.3 Å². The molecule has 1 rings (SSSR count). The minimum absolute atomic E-state index is 0.300. The third kappa shape index (κ3) is 4.32. The van der Waals surface area contributed by atoms with Gasteiger partial charge in [-0.15, -0.1) is 22.9 Å². The molecule has 1 aromatic heterocycles. The van der Waals surface area contributed by atoms with Crippen molar-refractivity contribution >= 4 is 40.0 Å². The molecule has 0 radical (unpaired) electrons. The first-order valence-electron chi connectivity index (χ1n) is 5.11. The lowest BCUT2D eigenvalue weighted by Crippen LogP contribution is -2.38. The summed E-state index contributed by atoms with van der Waals surface area (Å²) >= 11 is 6.83. The molecule has 1 heterocycles. The van der Waals surface area contributed by atoms with E-state index in [-0.39, 0.29) is 0 Å². The van der Waals surface area contributed by atoms with Crippen LogP contribution in [0.15, 0.2) is 5.38 Å². The Morgan fingerprint density at radius 2 is 2.06 bits per heavy atom. The fraction of sp³-hybridized carbons (Fsp3) is 0.500. The van der Waals surface area contributed by atoms with E-state index in [4.69, 9.17) is 11.6 Å². The number of hydrogen-bond donors (Lipinski definition) is 2. The molecular formula is C10H14ClN3O2S. The van der Waals surface area contributed by atoms with Crippen LogP contribution in [0.4, 0.5) is 9.93 Å². The minimum atomic E-state index is -0.747. The molecule has 7 heteroatoms. The Kier molecular flexibility index (Phi) is 4.89. The predicted octanol–water partition coefficient (Wildman–Crippen LogP) is 2.54. The Hall–Kier alpha value is -1.14. The number of alkyl halides is 1. The standard InChI is InChI=1S/C10H14ClN3O2S/c1-5(2)7-4-17-10(12-7)14-9(16)13-8(15)6(3)11/h4-6H,1-3H3,(H2,12,13,14,15,16). The lowest BCUT2D eigenvalue weighted by Gasteiger charge is -2.05. The van der Waals surface area contributed by atoms with Gasteiger partial charge in [-0.3, -0.25) is 15.4 Å². The van der Waals surface area contributed by atoms with Gasteiger partial charge in [-0.05, 0) is 12.8 Å². The summed E-state index contributed by atoms with van der Waals surface area (Å²) in [6.45, 7) is 5.51. The van der Waals surface area contributed by atoms with E-state index in [1.807, 2.05) is 19.2 Å². The second kappa shape index (κ2) is 5.97. The van der Waals surface area contributed by atoms with Crippen molar-refractivity contribution in [1.29, 1.82) is 0 Å². The Labute approximate surface area is 109 Å². The van der Waals surface area contributed by atoms with Gasteiger partial charge in [-0.2, -0.15) is 0 Å². The summed E-state index contributed by atoms with van der Waals surface area (Å²) in [5.41, 5.74) is 0.905. The van der Waals surface area contributed by atoms with Crippen LogP contribution in [-0.4, -0.2) is 22.3 Å². The average Bonchev–Trinajstić information content (AvgIpc) is 2.65. The zero-order valence-corrected chi connectivity index (χ0v) is 11.4. The van der Waals surface area contributed by atoms with Crippen molar-refractivity contribution in [2.75, 3.05) is 5.32 Å². The zero-order chi connectivity index (χ0) is 13.0. The van der Waals surface area contributed by atoms with Gasteiger partial charge in [0.2, 0.25) is 5.91 Å². The van der Waals surface area contributed by atoms with Crippen molar-refractivity contribution in [2.45, 2.75) is 32.1 Å². The van der Waals surface area contributed by atoms with E-state index in [1.165, 1.54) is 18.3 Å². The second-order valence-corrected chi connectivity index (χ2v) is 5.30. The van der Waals surface area contributed by atoms with Gasteiger partial charge < -0.3 is 0 Å². The molecule has 5 nitrogen and oxygen atoms in total. The highest BCUT2D eigenvalue weighted by atomic mass is 35.5. The Balaban J connectivity index is 2.53. The topological polar surface area (TPSA) is 71.1 Å². The lowest BCUT2D eigenvalue weighted by atomic mass is 10.2. The van der Waals surface area contributed by atoms with Gasteiger partial charge >= 0.3 is 6.03 Å². The Morgan fingerprint density at radius 3 is 2.53 bits per heavy atom. The molecule has 0 saturated heterocycles. The van der Waals surface area contributed by atoms with Gasteiger partial charge in [0.1, 0.15) is 5.38 Å². The first kappa shape index (κ1) is 13.9. The summed E-state index contributed by atoms with van der Waals surface area (Å²) in [4.78, 5) is 26.7. The number of nitrogens with one attached hydrogen (secondary N) is 2. The number of amides is 3. The molecule has 1 aromatic rings. The van der Waals surface area contributed by atoms with Crippen LogP contribution < -0.4 is 10.6 Å². The summed E-state index contributed by atoms with van der Waals surface area (Å²) < 4.78 is 0. The predicted molar refractivity (Wildman–Crippen MR) is 68.7 cm³/mol. The van der Waals surface area contributed by atoms with Crippen LogP contribution in [0.3, 0.4) is 0 Å². The van der Waals surface area contributed by atoms with Gasteiger partial charge in [0, 0.05) is 5.38 Å². The molecule has 0 saturated carbocycles. The van der Waals surface area contributed by atoms with Gasteiger partial charge in [0.25, 0.3) is 0 Å². The largest absolute Gasteiger partial charge is 0.327 e. The monoisotopic (exact) mass is 275 g/mol. The number of thiazole rings is 1. The molecule has 2 N–H and O–H groups in total. The fourth-order valence-electron chi connectivity index (χ4n) is 0.948. The number of nitrogens with zero attached hydrogens (tertiary/aromatic N) is 1. The van der Waals surface area contributed by atoms with Gasteiger partial charge in [-0.25, -0.2) is 9.78 Å². The molecular weight excluding hydrogens is 262 g/mol. The first-order chi connectivity index (χ1) is 7.90. The molecule has 0 aliphatic rings. The Bertz CT molecular complexity index is 417. The third-order valence-corrected chi connectivity index (χ3v) is 2.91. The van der Waals surface area contributed by atoms with Crippen molar-refractivity contribution < 1.29 is 9.59 Å². The summed E-state index contributed by atoms with van der Waals surface area (Å²) in [7, 11) is 0. The van der Waals surface area contributed by atoms with Crippen LogP contribution >= 0.6 is 22.9 Å². The summed E-state index contributed by atoms with van der Waals surface area (Å²) in [5, 5.41) is 6.17. The van der Waals surface area contributed by atoms with E-state index in [0.29, 0.717) is 11.0 Å². The first-order valence-corrected chi connectivity index (χ1v) is 6.43. The maximum Gasteiger partial charge on any atom is 0.327 e. The minimum Gasteiger partial charge on any atom is -0.283 e. The highest BCUT2D eigenvalue weighted by Gasteiger charge is 2.14. The molecule has 0 spiro atoms. The van der Waals surface area contributed by atoms with Crippen molar-refractivity contribution in [2.24, 2.45) is 0 Å². The third-order valence-electron chi connectivity index (χ3n) is 1.93. The van der Waals surface area contributed by atoms with Crippen molar-refractivity contribution in [3.63, 3.8) is 0 Å². The molecule has 0 aliphatic carbocycles. The number of urea groups is 1. The fourth-order valence-corrected chi connectivity index (χ4v) is 1.87. The SMILES string of the molecule is CC(Cl)C(=O)NC(=O)Nc1nc(C(C)C)cs1. The van der Waals surface area contributed by atoms with Crippen molar-refractivity contribution in [1.82, 2.24) is 10.3 Å². The quantitative estimate of drug-likeness (QED) is 0.833. The van der Waals surface area contributed by atoms with Crippen LogP contribution in [0.1, 0.15) is 32.4 Å². The maximum atomic E-state index is 11.4. The summed E-state index contributed by atoms with van der Waals surface area (Å²) in [6, 6.07) is -0.618. The lowest BCUT2D eigenvalue weighted by molar-refractivity contribution is -0.119. The number of anilines is 1. The highest BCUT2D eigenvalue weighted by Crippen LogP contribution is 2.21. The molecule has 17 heavy (non-hydrogen) atoms. The van der Waals surface area contributed by atoms with Crippen molar-refractivity contribution in [3.8, 4) is 0 Å². The highest BCUT2D eigenvalue weighted by molar-refractivity contribution is 7.13. The van der Waals surface area contributed by atoms with Crippen LogP contribution in [0.25, 0.3) is 0 Å². The number of carbonyl (C=O) groups excluding carboxylic acids is 2. The maximum absolute atomic E-state index is 11.4. The van der Waals surface area contributed by atoms with E-state index >= 15 is 0 Å². The number of rotatable bonds is 3. The summed E-state index contributed by atoms with van der Waals surface area (Å²) in [6.07, 6.45) is 0. The van der Waals surface area contributed by atoms with Crippen LogP contribution in [-0.2, 0) is 4.79 Å². The van der Waals surface area contributed by atoms with Crippen molar-refractivity contribution in [3.05, 3.63) is 11.1 Å². The van der Waals surface area contributed by atoms with Gasteiger partial charge in [0.15, 0.2) is 5.13 Å². The Morgan fingerprint density at radius 1 is 1.41 bits per heavy atom. The average molecular weight is 276 g/mol. The van der Waals surface area contributed by atoms with E-state index in [9.17, 15) is 9.59 Å². The molecule has 0 bridgehead atoms. The smallest absolute Gasteiger partial charge is 0.283 e. The molecule has 0 aliphatic heterocycles. The van der Waals surface area contributed by atoms with E-state index in [2.05, 4.69) is 15.6 Å². The van der Waals surface area contributed by atoms with E-state index in [0.717, 1.165) is 5.69 Å². The van der Waals surface area contributed by atoms with Crippen LogP contribution in [0.5, 0.6) is 0 Å². The van der Waals surface area contributed by atoms with Gasteiger partial charge in [-0.1, -0.05) is 13.8 Å². The molecule has 3 amide bonds. The second-order valence-electron chi connectivity index (χ2n) is 3.79. The van der Waals surface area contributed by atoms with E-state index in [1.54, 1.807) is 0 Å².